The number of thiophene rings is 1. The highest BCUT2D eigenvalue weighted by molar-refractivity contribution is 7.14. The van der Waals surface area contributed by atoms with E-state index in [1.807, 2.05) is 0 Å². The van der Waals surface area contributed by atoms with Gasteiger partial charge in [-0.05, 0) is 59.7 Å². The molecule has 114 valence electrons. The largest absolute Gasteiger partial charge is 0.391 e. The first-order valence-electron chi connectivity index (χ1n) is 7.78. The van der Waals surface area contributed by atoms with Crippen molar-refractivity contribution in [2.24, 2.45) is 0 Å². The van der Waals surface area contributed by atoms with Gasteiger partial charge in [0.2, 0.25) is 0 Å². The van der Waals surface area contributed by atoms with Gasteiger partial charge in [-0.3, -0.25) is 0 Å². The van der Waals surface area contributed by atoms with E-state index in [1.54, 1.807) is 11.3 Å². The molecule has 0 saturated heterocycles. The normalized spacial score (nSPS) is 12.6. The SMILES string of the molecule is CC(NCCCc1csc(N)c1)c1cccc2ccccc12. The lowest BCUT2D eigenvalue weighted by molar-refractivity contribution is 0.561. The van der Waals surface area contributed by atoms with Crippen LogP contribution in [0.2, 0.25) is 0 Å². The zero-order valence-corrected chi connectivity index (χ0v) is 13.7. The number of nitrogen functional groups attached to an aromatic ring is 1. The van der Waals surface area contributed by atoms with E-state index in [0.29, 0.717) is 6.04 Å². The van der Waals surface area contributed by atoms with Crippen molar-refractivity contribution in [2.75, 3.05) is 12.3 Å². The van der Waals surface area contributed by atoms with Crippen molar-refractivity contribution < 1.29 is 0 Å². The molecule has 3 heteroatoms. The lowest BCUT2D eigenvalue weighted by Gasteiger charge is -2.16. The van der Waals surface area contributed by atoms with Crippen LogP contribution < -0.4 is 11.1 Å². The Labute approximate surface area is 136 Å². The molecule has 0 aliphatic heterocycles. The minimum Gasteiger partial charge on any atom is -0.391 e. The summed E-state index contributed by atoms with van der Waals surface area (Å²) in [6.45, 7) is 3.25. The van der Waals surface area contributed by atoms with Crippen LogP contribution >= 0.6 is 11.3 Å². The monoisotopic (exact) mass is 310 g/mol. The summed E-state index contributed by atoms with van der Waals surface area (Å²) in [6.07, 6.45) is 2.22. The number of rotatable bonds is 6. The minimum atomic E-state index is 0.360. The summed E-state index contributed by atoms with van der Waals surface area (Å²) < 4.78 is 0. The predicted octanol–water partition coefficient (Wildman–Crippen LogP) is 4.77. The van der Waals surface area contributed by atoms with Crippen LogP contribution in [0.25, 0.3) is 10.8 Å². The highest BCUT2D eigenvalue weighted by atomic mass is 32.1. The van der Waals surface area contributed by atoms with Gasteiger partial charge in [-0.2, -0.15) is 0 Å². The predicted molar refractivity (Wildman–Crippen MR) is 97.4 cm³/mol. The molecule has 3 N–H and O–H groups in total. The smallest absolute Gasteiger partial charge is 0.0859 e. The van der Waals surface area contributed by atoms with Gasteiger partial charge >= 0.3 is 0 Å². The standard InChI is InChI=1S/C19H22N2S/c1-14(21-11-5-6-15-12-19(20)22-13-15)17-10-4-8-16-7-2-3-9-18(16)17/h2-4,7-10,12-14,21H,5-6,11,20H2,1H3. The van der Waals surface area contributed by atoms with Crippen molar-refractivity contribution in [1.82, 2.24) is 5.32 Å². The minimum absolute atomic E-state index is 0.360. The fourth-order valence-corrected chi connectivity index (χ4v) is 3.57. The number of aryl methyl sites for hydroxylation is 1. The van der Waals surface area contributed by atoms with E-state index in [4.69, 9.17) is 5.73 Å². The van der Waals surface area contributed by atoms with Crippen molar-refractivity contribution in [3.8, 4) is 0 Å². The summed E-state index contributed by atoms with van der Waals surface area (Å²) in [4.78, 5) is 0. The number of hydrogen-bond acceptors (Lipinski definition) is 3. The van der Waals surface area contributed by atoms with Crippen molar-refractivity contribution in [2.45, 2.75) is 25.8 Å². The first-order valence-corrected chi connectivity index (χ1v) is 8.66. The molecule has 1 heterocycles. The van der Waals surface area contributed by atoms with Crippen molar-refractivity contribution in [3.05, 3.63) is 65.0 Å². The third-order valence-corrected chi connectivity index (χ3v) is 4.87. The Morgan fingerprint density at radius 2 is 1.95 bits per heavy atom. The highest BCUT2D eigenvalue weighted by Crippen LogP contribution is 2.24. The van der Waals surface area contributed by atoms with Gasteiger partial charge in [-0.25, -0.2) is 0 Å². The summed E-state index contributed by atoms with van der Waals surface area (Å²) in [5.74, 6) is 0. The van der Waals surface area contributed by atoms with Crippen LogP contribution in [0.15, 0.2) is 53.9 Å². The molecule has 0 aliphatic carbocycles. The Morgan fingerprint density at radius 1 is 1.14 bits per heavy atom. The molecule has 1 atom stereocenters. The Bertz CT molecular complexity index is 743. The van der Waals surface area contributed by atoms with Crippen molar-refractivity contribution in [1.29, 1.82) is 0 Å². The first kappa shape index (κ1) is 15.1. The molecule has 2 aromatic carbocycles. The van der Waals surface area contributed by atoms with E-state index in [1.165, 1.54) is 21.9 Å². The van der Waals surface area contributed by atoms with Crippen LogP contribution in [0.3, 0.4) is 0 Å². The zero-order chi connectivity index (χ0) is 15.4. The van der Waals surface area contributed by atoms with Crippen LogP contribution in [0.5, 0.6) is 0 Å². The third-order valence-electron chi connectivity index (χ3n) is 4.06. The summed E-state index contributed by atoms with van der Waals surface area (Å²) in [6, 6.07) is 17.6. The van der Waals surface area contributed by atoms with Gasteiger partial charge in [0.25, 0.3) is 0 Å². The maximum atomic E-state index is 5.76. The van der Waals surface area contributed by atoms with Crippen molar-refractivity contribution >= 4 is 27.1 Å². The Balaban J connectivity index is 1.58. The summed E-state index contributed by atoms with van der Waals surface area (Å²) in [5, 5.41) is 9.36. The lowest BCUT2D eigenvalue weighted by atomic mass is 9.99. The van der Waals surface area contributed by atoms with E-state index in [0.717, 1.165) is 24.4 Å². The molecule has 3 rings (SSSR count). The van der Waals surface area contributed by atoms with E-state index >= 15 is 0 Å². The zero-order valence-electron chi connectivity index (χ0n) is 12.9. The lowest BCUT2D eigenvalue weighted by Crippen LogP contribution is -2.20. The summed E-state index contributed by atoms with van der Waals surface area (Å²) in [7, 11) is 0. The van der Waals surface area contributed by atoms with E-state index in [-0.39, 0.29) is 0 Å². The van der Waals surface area contributed by atoms with Crippen LogP contribution in [-0.4, -0.2) is 6.54 Å². The van der Waals surface area contributed by atoms with E-state index in [2.05, 4.69) is 66.2 Å². The van der Waals surface area contributed by atoms with Gasteiger partial charge in [-0.15, -0.1) is 11.3 Å². The van der Waals surface area contributed by atoms with E-state index in [9.17, 15) is 0 Å². The fourth-order valence-electron chi connectivity index (χ4n) is 2.87. The average Bonchev–Trinajstić information content (AvgIpc) is 2.96. The van der Waals surface area contributed by atoms with Crippen LogP contribution in [0.4, 0.5) is 5.00 Å². The second kappa shape index (κ2) is 6.95. The van der Waals surface area contributed by atoms with Gasteiger partial charge in [0, 0.05) is 6.04 Å². The Morgan fingerprint density at radius 3 is 2.77 bits per heavy atom. The first-order chi connectivity index (χ1) is 10.7. The second-order valence-corrected chi connectivity index (χ2v) is 6.65. The number of anilines is 1. The summed E-state index contributed by atoms with van der Waals surface area (Å²) in [5.41, 5.74) is 8.49. The average molecular weight is 310 g/mol. The van der Waals surface area contributed by atoms with Gasteiger partial charge < -0.3 is 11.1 Å². The van der Waals surface area contributed by atoms with E-state index < -0.39 is 0 Å². The molecule has 2 nitrogen and oxygen atoms in total. The Kier molecular flexibility index (Phi) is 4.76. The van der Waals surface area contributed by atoms with Gasteiger partial charge in [0.05, 0.1) is 5.00 Å². The fraction of sp³-hybridized carbons (Fsp3) is 0.263. The molecule has 1 unspecified atom stereocenters. The van der Waals surface area contributed by atoms with Gasteiger partial charge in [0.15, 0.2) is 0 Å². The molecule has 22 heavy (non-hydrogen) atoms. The molecule has 0 bridgehead atoms. The third kappa shape index (κ3) is 3.49. The second-order valence-electron chi connectivity index (χ2n) is 5.71. The molecule has 0 saturated carbocycles. The number of nitrogens with two attached hydrogens (primary N) is 1. The number of fused-ring (bicyclic) bond motifs is 1. The van der Waals surface area contributed by atoms with Gasteiger partial charge in [-0.1, -0.05) is 42.5 Å². The topological polar surface area (TPSA) is 38.0 Å². The molecule has 3 aromatic rings. The molecule has 0 radical (unpaired) electrons. The molecule has 0 amide bonds. The maximum Gasteiger partial charge on any atom is 0.0859 e. The number of benzene rings is 2. The summed E-state index contributed by atoms with van der Waals surface area (Å²) >= 11 is 1.62. The van der Waals surface area contributed by atoms with Crippen LogP contribution in [0.1, 0.15) is 30.5 Å². The van der Waals surface area contributed by atoms with Gasteiger partial charge in [0.1, 0.15) is 0 Å². The quantitative estimate of drug-likeness (QED) is 0.644. The molecular weight excluding hydrogens is 288 g/mol. The number of nitrogens with one attached hydrogen (secondary N) is 1. The van der Waals surface area contributed by atoms with Crippen LogP contribution in [0, 0.1) is 0 Å². The number of hydrogen-bond donors (Lipinski definition) is 2. The molecule has 0 spiro atoms. The Hall–Kier alpha value is -1.84. The molecular formula is C19H22N2S. The van der Waals surface area contributed by atoms with Crippen molar-refractivity contribution in [3.63, 3.8) is 0 Å². The maximum absolute atomic E-state index is 5.76. The van der Waals surface area contributed by atoms with Crippen LogP contribution in [-0.2, 0) is 6.42 Å². The highest BCUT2D eigenvalue weighted by Gasteiger charge is 2.08. The molecule has 1 aromatic heterocycles. The molecule has 0 fully saturated rings. The molecule has 0 aliphatic rings.